The van der Waals surface area contributed by atoms with Crippen molar-refractivity contribution in [1.29, 1.82) is 5.26 Å². The number of benzene rings is 1. The summed E-state index contributed by atoms with van der Waals surface area (Å²) in [6.07, 6.45) is 1.86. The maximum Gasteiger partial charge on any atom is 0.240 e. The van der Waals surface area contributed by atoms with Crippen molar-refractivity contribution >= 4 is 21.8 Å². The van der Waals surface area contributed by atoms with Crippen molar-refractivity contribution in [3.8, 4) is 6.07 Å². The number of halogens is 1. The van der Waals surface area contributed by atoms with E-state index in [0.29, 0.717) is 12.3 Å². The van der Waals surface area contributed by atoms with Crippen molar-refractivity contribution in [1.82, 2.24) is 4.72 Å². The van der Waals surface area contributed by atoms with Crippen LogP contribution >= 0.6 is 11.8 Å². The second kappa shape index (κ2) is 6.00. The predicted octanol–water partition coefficient (Wildman–Crippen LogP) is 1.34. The van der Waals surface area contributed by atoms with Crippen molar-refractivity contribution in [3.05, 3.63) is 29.6 Å². The highest BCUT2D eigenvalue weighted by Crippen LogP contribution is 2.14. The van der Waals surface area contributed by atoms with Crippen molar-refractivity contribution in [2.24, 2.45) is 0 Å². The van der Waals surface area contributed by atoms with Crippen LogP contribution in [-0.4, -0.2) is 27.0 Å². The van der Waals surface area contributed by atoms with Gasteiger partial charge in [0.2, 0.25) is 10.0 Å². The third-order valence-electron chi connectivity index (χ3n) is 1.97. The standard InChI is InChI=1S/C10H11FN2O2S2/c1-16-5-4-13-17(14,15)9-2-3-10(11)8(6-9)7-12/h2-3,6,13H,4-5H2,1H3. The molecule has 1 aromatic rings. The number of nitrogens with one attached hydrogen (secondary N) is 1. The predicted molar refractivity (Wildman–Crippen MR) is 64.7 cm³/mol. The van der Waals surface area contributed by atoms with E-state index in [2.05, 4.69) is 4.72 Å². The third-order valence-corrected chi connectivity index (χ3v) is 4.04. The summed E-state index contributed by atoms with van der Waals surface area (Å²) in [4.78, 5) is -0.100. The van der Waals surface area contributed by atoms with Crippen LogP contribution in [0.5, 0.6) is 0 Å². The number of hydrogen-bond acceptors (Lipinski definition) is 4. The van der Waals surface area contributed by atoms with Gasteiger partial charge in [-0.2, -0.15) is 17.0 Å². The summed E-state index contributed by atoms with van der Waals surface area (Å²) in [5.74, 6) is -0.0820. The lowest BCUT2D eigenvalue weighted by Gasteiger charge is -2.06. The van der Waals surface area contributed by atoms with E-state index in [4.69, 9.17) is 5.26 Å². The SMILES string of the molecule is CSCCNS(=O)(=O)c1ccc(F)c(C#N)c1. The third kappa shape index (κ3) is 3.70. The molecule has 1 aromatic carbocycles. The van der Waals surface area contributed by atoms with Gasteiger partial charge in [0, 0.05) is 12.3 Å². The summed E-state index contributed by atoms with van der Waals surface area (Å²) in [7, 11) is -3.66. The molecule has 0 aliphatic rings. The Kier molecular flexibility index (Phi) is 4.93. The molecular formula is C10H11FN2O2S2. The first-order valence-corrected chi connectivity index (χ1v) is 7.57. The fourth-order valence-corrected chi connectivity index (χ4v) is 2.61. The van der Waals surface area contributed by atoms with E-state index in [-0.39, 0.29) is 10.5 Å². The van der Waals surface area contributed by atoms with Crippen molar-refractivity contribution < 1.29 is 12.8 Å². The van der Waals surface area contributed by atoms with Crippen LogP contribution in [0, 0.1) is 17.1 Å². The molecule has 0 atom stereocenters. The van der Waals surface area contributed by atoms with Gasteiger partial charge in [-0.05, 0) is 24.5 Å². The normalized spacial score (nSPS) is 11.1. The molecule has 0 fully saturated rings. The van der Waals surface area contributed by atoms with Crippen LogP contribution in [0.2, 0.25) is 0 Å². The summed E-state index contributed by atoms with van der Waals surface area (Å²) in [6, 6.07) is 4.74. The first-order chi connectivity index (χ1) is 8.01. The molecule has 0 bridgehead atoms. The van der Waals surface area contributed by atoms with Crippen molar-refractivity contribution in [2.45, 2.75) is 4.90 Å². The monoisotopic (exact) mass is 274 g/mol. The first kappa shape index (κ1) is 14.0. The molecule has 4 nitrogen and oxygen atoms in total. The van der Waals surface area contributed by atoms with Crippen LogP contribution in [0.25, 0.3) is 0 Å². The van der Waals surface area contributed by atoms with Gasteiger partial charge in [-0.15, -0.1) is 0 Å². The van der Waals surface area contributed by atoms with Crippen LogP contribution in [0.3, 0.4) is 0 Å². The Bertz CT molecular complexity index is 538. The molecule has 0 aliphatic carbocycles. The molecule has 0 amide bonds. The number of nitriles is 1. The molecule has 0 saturated carbocycles. The summed E-state index contributed by atoms with van der Waals surface area (Å²) in [5, 5.41) is 8.61. The summed E-state index contributed by atoms with van der Waals surface area (Å²) in [6.45, 7) is 0.294. The van der Waals surface area contributed by atoms with E-state index in [0.717, 1.165) is 18.2 Å². The Labute approximate surface area is 104 Å². The largest absolute Gasteiger partial charge is 0.240 e. The maximum atomic E-state index is 13.0. The number of nitrogens with zero attached hydrogens (tertiary/aromatic N) is 1. The minimum Gasteiger partial charge on any atom is -0.210 e. The zero-order valence-corrected chi connectivity index (χ0v) is 10.7. The van der Waals surface area contributed by atoms with Crippen LogP contribution in [-0.2, 0) is 10.0 Å². The lowest BCUT2D eigenvalue weighted by molar-refractivity contribution is 0.583. The van der Waals surface area contributed by atoms with Gasteiger partial charge in [-0.1, -0.05) is 0 Å². The highest BCUT2D eigenvalue weighted by molar-refractivity contribution is 7.98. The second-order valence-electron chi connectivity index (χ2n) is 3.14. The maximum absolute atomic E-state index is 13.0. The van der Waals surface area contributed by atoms with Crippen molar-refractivity contribution in [3.63, 3.8) is 0 Å². The Morgan fingerprint density at radius 2 is 2.24 bits per heavy atom. The van der Waals surface area contributed by atoms with E-state index < -0.39 is 15.8 Å². The average Bonchev–Trinajstić information content (AvgIpc) is 2.29. The van der Waals surface area contributed by atoms with E-state index in [1.807, 2.05) is 6.26 Å². The number of rotatable bonds is 5. The Hall–Kier alpha value is -1.10. The summed E-state index contributed by atoms with van der Waals surface area (Å²) >= 11 is 1.51. The van der Waals surface area contributed by atoms with E-state index in [1.165, 1.54) is 11.8 Å². The molecule has 0 aliphatic heterocycles. The smallest absolute Gasteiger partial charge is 0.210 e. The second-order valence-corrected chi connectivity index (χ2v) is 5.90. The lowest BCUT2D eigenvalue weighted by atomic mass is 10.2. The zero-order chi connectivity index (χ0) is 12.9. The molecule has 0 heterocycles. The fraction of sp³-hybridized carbons (Fsp3) is 0.300. The van der Waals surface area contributed by atoms with Gasteiger partial charge in [0.15, 0.2) is 0 Å². The van der Waals surface area contributed by atoms with Crippen molar-refractivity contribution in [2.75, 3.05) is 18.6 Å². The molecule has 0 radical (unpaired) electrons. The molecule has 92 valence electrons. The highest BCUT2D eigenvalue weighted by Gasteiger charge is 2.15. The van der Waals surface area contributed by atoms with Crippen LogP contribution in [0.4, 0.5) is 4.39 Å². The fourth-order valence-electron chi connectivity index (χ4n) is 1.12. The van der Waals surface area contributed by atoms with Gasteiger partial charge in [-0.3, -0.25) is 0 Å². The molecule has 1 rings (SSSR count). The van der Waals surface area contributed by atoms with Crippen LogP contribution in [0.15, 0.2) is 23.1 Å². The Morgan fingerprint density at radius 3 is 2.82 bits per heavy atom. The average molecular weight is 274 g/mol. The van der Waals surface area contributed by atoms with Gasteiger partial charge in [-0.25, -0.2) is 17.5 Å². The molecule has 0 spiro atoms. The molecule has 1 N–H and O–H groups in total. The molecule has 7 heteroatoms. The molecule has 0 aromatic heterocycles. The van der Waals surface area contributed by atoms with Crippen LogP contribution < -0.4 is 4.72 Å². The molecule has 17 heavy (non-hydrogen) atoms. The van der Waals surface area contributed by atoms with Crippen LogP contribution in [0.1, 0.15) is 5.56 Å². The van der Waals surface area contributed by atoms with Gasteiger partial charge in [0.1, 0.15) is 11.9 Å². The van der Waals surface area contributed by atoms with E-state index >= 15 is 0 Å². The van der Waals surface area contributed by atoms with Gasteiger partial charge in [0.05, 0.1) is 10.5 Å². The molecule has 0 unspecified atom stereocenters. The Morgan fingerprint density at radius 1 is 1.53 bits per heavy atom. The number of sulfonamides is 1. The number of thioether (sulfide) groups is 1. The minimum absolute atomic E-state index is 0.100. The van der Waals surface area contributed by atoms with Gasteiger partial charge >= 0.3 is 0 Å². The number of hydrogen-bond donors (Lipinski definition) is 1. The highest BCUT2D eigenvalue weighted by atomic mass is 32.2. The molecule has 0 saturated heterocycles. The quantitative estimate of drug-likeness (QED) is 0.823. The summed E-state index contributed by atoms with van der Waals surface area (Å²) in [5.41, 5.74) is -0.280. The van der Waals surface area contributed by atoms with Gasteiger partial charge in [0.25, 0.3) is 0 Å². The molecular weight excluding hydrogens is 263 g/mol. The topological polar surface area (TPSA) is 70.0 Å². The Balaban J connectivity index is 2.96. The lowest BCUT2D eigenvalue weighted by Crippen LogP contribution is -2.26. The first-order valence-electron chi connectivity index (χ1n) is 4.69. The van der Waals surface area contributed by atoms with E-state index in [9.17, 15) is 12.8 Å². The zero-order valence-electron chi connectivity index (χ0n) is 9.10. The van der Waals surface area contributed by atoms with Gasteiger partial charge < -0.3 is 0 Å². The summed E-state index contributed by atoms with van der Waals surface area (Å²) < 4.78 is 38.9. The minimum atomic E-state index is -3.66. The van der Waals surface area contributed by atoms with E-state index in [1.54, 1.807) is 6.07 Å².